The van der Waals surface area contributed by atoms with E-state index in [0.717, 1.165) is 22.6 Å². The van der Waals surface area contributed by atoms with E-state index in [0.29, 0.717) is 19.6 Å². The molecular formula is C24H33NO3. The van der Waals surface area contributed by atoms with Gasteiger partial charge in [-0.25, -0.2) is 0 Å². The minimum atomic E-state index is -0.510. The SMILES string of the molecule is CC[C@H](Oc1ccc(C)c(C)c1)C(=O)NCCOc1ccccc1C(C)(C)C. The number of carbonyl (C=O) groups is 1. The van der Waals surface area contributed by atoms with Crippen molar-refractivity contribution in [1.29, 1.82) is 0 Å². The van der Waals surface area contributed by atoms with Gasteiger partial charge in [0.15, 0.2) is 6.10 Å². The molecule has 2 rings (SSSR count). The number of ether oxygens (including phenoxy) is 2. The molecule has 152 valence electrons. The number of hydrogen-bond donors (Lipinski definition) is 1. The number of rotatable bonds is 8. The van der Waals surface area contributed by atoms with Crippen LogP contribution in [0.15, 0.2) is 42.5 Å². The van der Waals surface area contributed by atoms with Gasteiger partial charge in [0.05, 0.1) is 6.54 Å². The van der Waals surface area contributed by atoms with E-state index in [1.165, 1.54) is 5.56 Å². The molecule has 0 saturated carbocycles. The van der Waals surface area contributed by atoms with Gasteiger partial charge in [0.2, 0.25) is 0 Å². The molecule has 4 heteroatoms. The van der Waals surface area contributed by atoms with Crippen LogP contribution in [0.4, 0.5) is 0 Å². The third-order valence-electron chi connectivity index (χ3n) is 4.77. The highest BCUT2D eigenvalue weighted by Gasteiger charge is 2.20. The molecule has 0 radical (unpaired) electrons. The van der Waals surface area contributed by atoms with Crippen LogP contribution in [0.1, 0.15) is 50.8 Å². The van der Waals surface area contributed by atoms with Crippen LogP contribution in [-0.4, -0.2) is 25.2 Å². The lowest BCUT2D eigenvalue weighted by Crippen LogP contribution is -2.39. The van der Waals surface area contributed by atoms with Crippen LogP contribution >= 0.6 is 0 Å². The Hall–Kier alpha value is -2.49. The molecule has 0 aromatic heterocycles. The van der Waals surface area contributed by atoms with Gasteiger partial charge in [-0.15, -0.1) is 0 Å². The van der Waals surface area contributed by atoms with Crippen molar-refractivity contribution < 1.29 is 14.3 Å². The molecular weight excluding hydrogens is 350 g/mol. The van der Waals surface area contributed by atoms with E-state index in [-0.39, 0.29) is 11.3 Å². The van der Waals surface area contributed by atoms with Crippen molar-refractivity contribution in [1.82, 2.24) is 5.32 Å². The van der Waals surface area contributed by atoms with Gasteiger partial charge in [-0.05, 0) is 60.6 Å². The van der Waals surface area contributed by atoms with E-state index in [1.807, 2.05) is 50.2 Å². The third-order valence-corrected chi connectivity index (χ3v) is 4.77. The monoisotopic (exact) mass is 383 g/mol. The van der Waals surface area contributed by atoms with Crippen molar-refractivity contribution in [3.05, 3.63) is 59.2 Å². The van der Waals surface area contributed by atoms with Crippen molar-refractivity contribution in [2.45, 2.75) is 59.5 Å². The number of nitrogens with one attached hydrogen (secondary N) is 1. The molecule has 1 amide bonds. The lowest BCUT2D eigenvalue weighted by molar-refractivity contribution is -0.128. The minimum Gasteiger partial charge on any atom is -0.491 e. The smallest absolute Gasteiger partial charge is 0.261 e. The fourth-order valence-electron chi connectivity index (χ4n) is 2.93. The number of benzene rings is 2. The Labute approximate surface area is 169 Å². The Balaban J connectivity index is 1.86. The van der Waals surface area contributed by atoms with E-state index in [1.54, 1.807) is 0 Å². The van der Waals surface area contributed by atoms with E-state index in [9.17, 15) is 4.79 Å². The maximum Gasteiger partial charge on any atom is 0.261 e. The van der Waals surface area contributed by atoms with Gasteiger partial charge in [-0.3, -0.25) is 4.79 Å². The topological polar surface area (TPSA) is 47.6 Å². The summed E-state index contributed by atoms with van der Waals surface area (Å²) in [5.74, 6) is 1.47. The number of aryl methyl sites for hydroxylation is 2. The quantitative estimate of drug-likeness (QED) is 0.656. The normalized spacial score (nSPS) is 12.4. The third kappa shape index (κ3) is 6.01. The molecule has 0 aliphatic heterocycles. The average Bonchev–Trinajstić information content (AvgIpc) is 2.65. The van der Waals surface area contributed by atoms with Gasteiger partial charge in [0, 0.05) is 0 Å². The second-order valence-electron chi connectivity index (χ2n) is 8.15. The van der Waals surface area contributed by atoms with Crippen LogP contribution in [-0.2, 0) is 10.2 Å². The second kappa shape index (κ2) is 9.63. The molecule has 0 saturated heterocycles. The van der Waals surface area contributed by atoms with Crippen molar-refractivity contribution in [2.24, 2.45) is 0 Å². The first-order chi connectivity index (χ1) is 13.2. The van der Waals surface area contributed by atoms with E-state index in [2.05, 4.69) is 39.1 Å². The molecule has 2 aromatic carbocycles. The Kier molecular flexibility index (Phi) is 7.50. The number of carbonyl (C=O) groups excluding carboxylic acids is 1. The van der Waals surface area contributed by atoms with Crippen LogP contribution in [0.3, 0.4) is 0 Å². The zero-order valence-electron chi connectivity index (χ0n) is 18.0. The first-order valence-corrected chi connectivity index (χ1v) is 9.96. The van der Waals surface area contributed by atoms with Gasteiger partial charge < -0.3 is 14.8 Å². The summed E-state index contributed by atoms with van der Waals surface area (Å²) in [5, 5.41) is 2.92. The van der Waals surface area contributed by atoms with E-state index in [4.69, 9.17) is 9.47 Å². The first kappa shape index (κ1) is 21.8. The Morgan fingerprint density at radius 3 is 2.43 bits per heavy atom. The Morgan fingerprint density at radius 2 is 1.79 bits per heavy atom. The highest BCUT2D eigenvalue weighted by molar-refractivity contribution is 5.81. The second-order valence-corrected chi connectivity index (χ2v) is 8.15. The maximum absolute atomic E-state index is 12.5. The zero-order chi connectivity index (χ0) is 20.7. The fourth-order valence-corrected chi connectivity index (χ4v) is 2.93. The van der Waals surface area contributed by atoms with Crippen LogP contribution in [0, 0.1) is 13.8 Å². The number of amides is 1. The summed E-state index contributed by atoms with van der Waals surface area (Å²) in [4.78, 5) is 12.5. The lowest BCUT2D eigenvalue weighted by Gasteiger charge is -2.23. The lowest BCUT2D eigenvalue weighted by atomic mass is 9.86. The van der Waals surface area contributed by atoms with Crippen molar-refractivity contribution >= 4 is 5.91 Å². The molecule has 2 aromatic rings. The highest BCUT2D eigenvalue weighted by atomic mass is 16.5. The molecule has 1 N–H and O–H groups in total. The van der Waals surface area contributed by atoms with Gasteiger partial charge in [-0.2, -0.15) is 0 Å². The molecule has 0 fully saturated rings. The first-order valence-electron chi connectivity index (χ1n) is 9.96. The summed E-state index contributed by atoms with van der Waals surface area (Å²) in [6.45, 7) is 13.4. The summed E-state index contributed by atoms with van der Waals surface area (Å²) in [6, 6.07) is 13.9. The average molecular weight is 384 g/mol. The summed E-state index contributed by atoms with van der Waals surface area (Å²) >= 11 is 0. The van der Waals surface area contributed by atoms with Crippen LogP contribution in [0.5, 0.6) is 11.5 Å². The molecule has 0 aliphatic rings. The number of hydrogen-bond acceptors (Lipinski definition) is 3. The van der Waals surface area contributed by atoms with Gasteiger partial charge in [0.1, 0.15) is 18.1 Å². The summed E-state index contributed by atoms with van der Waals surface area (Å²) in [5.41, 5.74) is 3.52. The van der Waals surface area contributed by atoms with Crippen molar-refractivity contribution in [2.75, 3.05) is 13.2 Å². The molecule has 0 unspecified atom stereocenters. The van der Waals surface area contributed by atoms with Gasteiger partial charge >= 0.3 is 0 Å². The summed E-state index contributed by atoms with van der Waals surface area (Å²) < 4.78 is 11.8. The predicted molar refractivity (Wildman–Crippen MR) is 114 cm³/mol. The Bertz CT molecular complexity index is 793. The molecule has 0 aliphatic carbocycles. The molecule has 0 heterocycles. The van der Waals surface area contributed by atoms with E-state index < -0.39 is 6.10 Å². The molecule has 0 bridgehead atoms. The molecule has 1 atom stereocenters. The van der Waals surface area contributed by atoms with Crippen molar-refractivity contribution in [3.8, 4) is 11.5 Å². The standard InChI is InChI=1S/C24H33NO3/c1-7-21(28-19-13-12-17(2)18(3)16-19)23(26)25-14-15-27-22-11-9-8-10-20(22)24(4,5)6/h8-13,16,21H,7,14-15H2,1-6H3,(H,25,26)/t21-/m0/s1. The predicted octanol–water partition coefficient (Wildman–Crippen LogP) is 4.95. The van der Waals surface area contributed by atoms with E-state index >= 15 is 0 Å². The minimum absolute atomic E-state index is 0.00710. The Morgan fingerprint density at radius 1 is 1.07 bits per heavy atom. The fraction of sp³-hybridized carbons (Fsp3) is 0.458. The van der Waals surface area contributed by atoms with Gasteiger partial charge in [-0.1, -0.05) is 52.0 Å². The van der Waals surface area contributed by atoms with Gasteiger partial charge in [0.25, 0.3) is 5.91 Å². The zero-order valence-corrected chi connectivity index (χ0v) is 18.0. The van der Waals surface area contributed by atoms with Crippen LogP contribution < -0.4 is 14.8 Å². The summed E-state index contributed by atoms with van der Waals surface area (Å²) in [7, 11) is 0. The molecule has 28 heavy (non-hydrogen) atoms. The van der Waals surface area contributed by atoms with Crippen LogP contribution in [0.25, 0.3) is 0 Å². The highest BCUT2D eigenvalue weighted by Crippen LogP contribution is 2.30. The van der Waals surface area contributed by atoms with Crippen LogP contribution in [0.2, 0.25) is 0 Å². The summed E-state index contributed by atoms with van der Waals surface area (Å²) in [6.07, 6.45) is 0.0934. The van der Waals surface area contributed by atoms with Crippen molar-refractivity contribution in [3.63, 3.8) is 0 Å². The number of para-hydroxylation sites is 1. The largest absolute Gasteiger partial charge is 0.491 e. The molecule has 4 nitrogen and oxygen atoms in total. The molecule has 0 spiro atoms. The maximum atomic E-state index is 12.5.